The molecule has 1 amide bonds. The van der Waals surface area contributed by atoms with Crippen LogP contribution in [0.1, 0.15) is 24.0 Å². The zero-order valence-electron chi connectivity index (χ0n) is 15.2. The summed E-state index contributed by atoms with van der Waals surface area (Å²) in [7, 11) is 0. The maximum Gasteiger partial charge on any atom is 0.304 e. The van der Waals surface area contributed by atoms with Gasteiger partial charge in [-0.2, -0.15) is 0 Å². The number of para-hydroxylation sites is 1. The van der Waals surface area contributed by atoms with Crippen molar-refractivity contribution in [1.29, 1.82) is 0 Å². The lowest BCUT2D eigenvalue weighted by Crippen LogP contribution is -2.33. The van der Waals surface area contributed by atoms with Crippen LogP contribution in [0.5, 0.6) is 0 Å². The molecule has 3 N–H and O–H groups in total. The number of H-pyrrole nitrogens is 1. The first-order valence-electron chi connectivity index (χ1n) is 9.22. The van der Waals surface area contributed by atoms with Crippen molar-refractivity contribution in [2.24, 2.45) is 5.92 Å². The Bertz CT molecular complexity index is 902. The fraction of sp³-hybridized carbons (Fsp3) is 0.273. The number of benzene rings is 2. The van der Waals surface area contributed by atoms with E-state index in [2.05, 4.69) is 16.4 Å². The van der Waals surface area contributed by atoms with Gasteiger partial charge in [-0.15, -0.1) is 0 Å². The minimum absolute atomic E-state index is 0.147. The van der Waals surface area contributed by atoms with Crippen molar-refractivity contribution in [3.8, 4) is 0 Å². The smallest absolute Gasteiger partial charge is 0.304 e. The van der Waals surface area contributed by atoms with Crippen molar-refractivity contribution in [2.75, 3.05) is 6.54 Å². The first kappa shape index (κ1) is 18.7. The first-order chi connectivity index (χ1) is 13.1. The number of carboxylic acids is 1. The molecular weight excluding hydrogens is 340 g/mol. The van der Waals surface area contributed by atoms with E-state index in [9.17, 15) is 9.59 Å². The molecule has 0 fully saturated rings. The molecule has 0 radical (unpaired) electrons. The molecule has 27 heavy (non-hydrogen) atoms. The van der Waals surface area contributed by atoms with Gasteiger partial charge in [0, 0.05) is 29.6 Å². The van der Waals surface area contributed by atoms with Gasteiger partial charge in [-0.3, -0.25) is 9.59 Å². The molecule has 0 saturated carbocycles. The zero-order valence-corrected chi connectivity index (χ0v) is 15.2. The van der Waals surface area contributed by atoms with E-state index in [1.54, 1.807) is 0 Å². The molecule has 1 unspecified atom stereocenters. The number of aromatic amines is 1. The summed E-state index contributed by atoms with van der Waals surface area (Å²) in [6.45, 7) is 0.488. The summed E-state index contributed by atoms with van der Waals surface area (Å²) in [4.78, 5) is 26.9. The molecule has 3 aromatic rings. The molecule has 1 heterocycles. The number of aryl methyl sites for hydroxylation is 1. The lowest BCUT2D eigenvalue weighted by molar-refractivity contribution is -0.141. The molecule has 0 aliphatic heterocycles. The summed E-state index contributed by atoms with van der Waals surface area (Å²) in [5.41, 5.74) is 3.33. The third-order valence-electron chi connectivity index (χ3n) is 4.78. The third kappa shape index (κ3) is 5.20. The number of carbonyl (C=O) groups excluding carboxylic acids is 1. The number of aromatic nitrogens is 1. The van der Waals surface area contributed by atoms with E-state index < -0.39 is 11.9 Å². The van der Waals surface area contributed by atoms with Gasteiger partial charge in [-0.25, -0.2) is 0 Å². The normalized spacial score (nSPS) is 12.0. The monoisotopic (exact) mass is 364 g/mol. The number of nitrogens with one attached hydrogen (secondary N) is 2. The molecule has 140 valence electrons. The summed E-state index contributed by atoms with van der Waals surface area (Å²) < 4.78 is 0. The molecule has 5 nitrogen and oxygen atoms in total. The van der Waals surface area contributed by atoms with Crippen molar-refractivity contribution in [2.45, 2.75) is 25.7 Å². The van der Waals surface area contributed by atoms with Crippen molar-refractivity contribution < 1.29 is 14.7 Å². The Morgan fingerprint density at radius 2 is 1.74 bits per heavy atom. The Kier molecular flexibility index (Phi) is 6.26. The van der Waals surface area contributed by atoms with Crippen LogP contribution in [0.3, 0.4) is 0 Å². The number of rotatable bonds is 9. The van der Waals surface area contributed by atoms with Crippen LogP contribution in [0.2, 0.25) is 0 Å². The SMILES string of the molecule is O=C(O)CC(CCc1ccccc1)C(=O)NCCc1c[nH]c2ccccc12. The number of aliphatic carboxylic acids is 1. The maximum atomic E-state index is 12.5. The van der Waals surface area contributed by atoms with E-state index in [0.29, 0.717) is 25.8 Å². The van der Waals surface area contributed by atoms with Gasteiger partial charge >= 0.3 is 5.97 Å². The lowest BCUT2D eigenvalue weighted by atomic mass is 9.95. The highest BCUT2D eigenvalue weighted by molar-refractivity contribution is 5.84. The van der Waals surface area contributed by atoms with Crippen LogP contribution in [-0.2, 0) is 22.4 Å². The Balaban J connectivity index is 1.54. The van der Waals surface area contributed by atoms with Gasteiger partial charge in [0.15, 0.2) is 0 Å². The van der Waals surface area contributed by atoms with Crippen molar-refractivity contribution in [1.82, 2.24) is 10.3 Å². The van der Waals surface area contributed by atoms with E-state index in [1.807, 2.05) is 54.7 Å². The van der Waals surface area contributed by atoms with E-state index in [0.717, 1.165) is 22.0 Å². The molecule has 0 bridgehead atoms. The standard InChI is InChI=1S/C22H24N2O3/c25-21(26)14-17(11-10-16-6-2-1-3-7-16)22(27)23-13-12-18-15-24-20-9-5-4-8-19(18)20/h1-9,15,17,24H,10-14H2,(H,23,27)(H,25,26). The minimum Gasteiger partial charge on any atom is -0.481 e. The first-order valence-corrected chi connectivity index (χ1v) is 9.22. The predicted molar refractivity (Wildman–Crippen MR) is 106 cm³/mol. The molecule has 1 aromatic heterocycles. The van der Waals surface area contributed by atoms with Crippen LogP contribution in [0.15, 0.2) is 60.8 Å². The summed E-state index contributed by atoms with van der Waals surface area (Å²) in [5.74, 6) is -1.65. The second-order valence-electron chi connectivity index (χ2n) is 6.72. The number of carbonyl (C=O) groups is 2. The minimum atomic E-state index is -0.945. The molecule has 5 heteroatoms. The molecule has 0 saturated heterocycles. The number of carboxylic acid groups (broad SMARTS) is 1. The van der Waals surface area contributed by atoms with E-state index in [-0.39, 0.29) is 12.3 Å². The number of fused-ring (bicyclic) bond motifs is 1. The third-order valence-corrected chi connectivity index (χ3v) is 4.78. The molecular formula is C22H24N2O3. The van der Waals surface area contributed by atoms with Gasteiger partial charge in [0.1, 0.15) is 0 Å². The van der Waals surface area contributed by atoms with Crippen LogP contribution < -0.4 is 5.32 Å². The molecule has 0 aliphatic rings. The van der Waals surface area contributed by atoms with E-state index in [1.165, 1.54) is 0 Å². The van der Waals surface area contributed by atoms with Gasteiger partial charge in [0.2, 0.25) is 5.91 Å². The van der Waals surface area contributed by atoms with Crippen molar-refractivity contribution in [3.63, 3.8) is 0 Å². The van der Waals surface area contributed by atoms with Gasteiger partial charge in [0.25, 0.3) is 0 Å². The maximum absolute atomic E-state index is 12.5. The molecule has 2 aromatic carbocycles. The highest BCUT2D eigenvalue weighted by Gasteiger charge is 2.21. The van der Waals surface area contributed by atoms with Crippen molar-refractivity contribution in [3.05, 3.63) is 71.9 Å². The molecule has 0 aliphatic carbocycles. The van der Waals surface area contributed by atoms with Crippen LogP contribution >= 0.6 is 0 Å². The average molecular weight is 364 g/mol. The molecule has 1 atom stereocenters. The Morgan fingerprint density at radius 3 is 2.52 bits per heavy atom. The van der Waals surface area contributed by atoms with Crippen molar-refractivity contribution >= 4 is 22.8 Å². The quantitative estimate of drug-likeness (QED) is 0.543. The van der Waals surface area contributed by atoms with Gasteiger partial charge < -0.3 is 15.4 Å². The fourth-order valence-electron chi connectivity index (χ4n) is 3.33. The summed E-state index contributed by atoms with van der Waals surface area (Å²) in [6.07, 6.45) is 3.73. The Labute approximate surface area is 158 Å². The Morgan fingerprint density at radius 1 is 1.00 bits per heavy atom. The number of hydrogen-bond donors (Lipinski definition) is 3. The average Bonchev–Trinajstić information content (AvgIpc) is 3.09. The highest BCUT2D eigenvalue weighted by atomic mass is 16.4. The lowest BCUT2D eigenvalue weighted by Gasteiger charge is -2.15. The summed E-state index contributed by atoms with van der Waals surface area (Å²) >= 11 is 0. The highest BCUT2D eigenvalue weighted by Crippen LogP contribution is 2.18. The predicted octanol–water partition coefficient (Wildman–Crippen LogP) is 3.55. The van der Waals surface area contributed by atoms with Crippen LogP contribution in [0, 0.1) is 5.92 Å². The molecule has 0 spiro atoms. The summed E-state index contributed by atoms with van der Waals surface area (Å²) in [6, 6.07) is 17.9. The number of amides is 1. The van der Waals surface area contributed by atoms with Crippen LogP contribution in [-0.4, -0.2) is 28.5 Å². The fourth-order valence-corrected chi connectivity index (χ4v) is 3.33. The number of hydrogen-bond acceptors (Lipinski definition) is 2. The topological polar surface area (TPSA) is 82.2 Å². The van der Waals surface area contributed by atoms with Gasteiger partial charge in [0.05, 0.1) is 6.42 Å². The molecule has 3 rings (SSSR count). The largest absolute Gasteiger partial charge is 0.481 e. The van der Waals surface area contributed by atoms with Crippen LogP contribution in [0.4, 0.5) is 0 Å². The zero-order chi connectivity index (χ0) is 19.1. The van der Waals surface area contributed by atoms with Crippen LogP contribution in [0.25, 0.3) is 10.9 Å². The second kappa shape index (κ2) is 9.03. The van der Waals surface area contributed by atoms with Gasteiger partial charge in [-0.05, 0) is 36.5 Å². The van der Waals surface area contributed by atoms with E-state index in [4.69, 9.17) is 5.11 Å². The second-order valence-corrected chi connectivity index (χ2v) is 6.72. The summed E-state index contributed by atoms with van der Waals surface area (Å²) in [5, 5.41) is 13.2. The van der Waals surface area contributed by atoms with Gasteiger partial charge in [-0.1, -0.05) is 48.5 Å². The Hall–Kier alpha value is -3.08. The van der Waals surface area contributed by atoms with E-state index >= 15 is 0 Å².